The Morgan fingerprint density at radius 1 is 1.10 bits per heavy atom. The smallest absolute Gasteiger partial charge is 0.328 e. The maximum absolute atomic E-state index is 14.0. The fraction of sp³-hybridized carbons (Fsp3) is 0.0909. The highest BCUT2D eigenvalue weighted by atomic mass is 19.1. The number of nitrogens with one attached hydrogen (secondary N) is 2. The number of fused-ring (bicyclic) bond motifs is 1. The van der Waals surface area contributed by atoms with Crippen molar-refractivity contribution in [1.82, 2.24) is 20.3 Å². The predicted molar refractivity (Wildman–Crippen MR) is 112 cm³/mol. The number of aromatic amines is 1. The van der Waals surface area contributed by atoms with Gasteiger partial charge in [-0.05, 0) is 47.5 Å². The molecule has 1 saturated heterocycles. The van der Waals surface area contributed by atoms with E-state index in [2.05, 4.69) is 25.3 Å². The van der Waals surface area contributed by atoms with E-state index in [1.54, 1.807) is 43.0 Å². The highest BCUT2D eigenvalue weighted by Crippen LogP contribution is 2.34. The van der Waals surface area contributed by atoms with Crippen LogP contribution < -0.4 is 10.2 Å². The van der Waals surface area contributed by atoms with Crippen LogP contribution in [0.3, 0.4) is 0 Å². The molecule has 154 valence electrons. The summed E-state index contributed by atoms with van der Waals surface area (Å²) in [7, 11) is 0. The highest BCUT2D eigenvalue weighted by Gasteiger charge is 2.39. The van der Waals surface area contributed by atoms with E-state index < -0.39 is 23.7 Å². The summed E-state index contributed by atoms with van der Waals surface area (Å²) in [6.07, 6.45) is 4.87. The first-order valence-corrected chi connectivity index (χ1v) is 9.51. The third kappa shape index (κ3) is 3.61. The Morgan fingerprint density at radius 3 is 2.71 bits per heavy atom. The van der Waals surface area contributed by atoms with Crippen molar-refractivity contribution >= 4 is 28.6 Å². The quantitative estimate of drug-likeness (QED) is 0.523. The molecule has 0 spiro atoms. The van der Waals surface area contributed by atoms with E-state index in [9.17, 15) is 13.6 Å². The van der Waals surface area contributed by atoms with E-state index in [0.29, 0.717) is 11.5 Å². The number of halogens is 2. The molecule has 2 N–H and O–H groups in total. The van der Waals surface area contributed by atoms with E-state index >= 15 is 0 Å². The molecule has 1 unspecified atom stereocenters. The monoisotopic (exact) mass is 418 g/mol. The summed E-state index contributed by atoms with van der Waals surface area (Å²) >= 11 is 0. The zero-order valence-electron chi connectivity index (χ0n) is 16.1. The number of urea groups is 1. The third-order valence-electron chi connectivity index (χ3n) is 5.01. The number of carbonyl (C=O) groups is 1. The van der Waals surface area contributed by atoms with Crippen LogP contribution in [0.2, 0.25) is 0 Å². The normalized spacial score (nSPS) is 17.5. The van der Waals surface area contributed by atoms with E-state index in [1.165, 1.54) is 17.0 Å². The second-order valence-corrected chi connectivity index (χ2v) is 7.07. The number of pyridine rings is 1. The summed E-state index contributed by atoms with van der Waals surface area (Å²) in [4.78, 5) is 30.1. The number of amidine groups is 1. The van der Waals surface area contributed by atoms with Crippen molar-refractivity contribution in [2.24, 2.45) is 4.99 Å². The van der Waals surface area contributed by atoms with Gasteiger partial charge in [0.15, 0.2) is 0 Å². The molecule has 1 aliphatic rings. The van der Waals surface area contributed by atoms with Crippen LogP contribution in [-0.4, -0.2) is 26.8 Å². The van der Waals surface area contributed by atoms with Crippen molar-refractivity contribution in [1.29, 1.82) is 0 Å². The van der Waals surface area contributed by atoms with E-state index in [0.717, 1.165) is 22.7 Å². The van der Waals surface area contributed by atoms with Gasteiger partial charge in [-0.15, -0.1) is 0 Å². The molecule has 9 heteroatoms. The highest BCUT2D eigenvalue weighted by molar-refractivity contribution is 6.16. The molecule has 2 aromatic heterocycles. The van der Waals surface area contributed by atoms with Crippen LogP contribution in [-0.2, 0) is 6.54 Å². The lowest BCUT2D eigenvalue weighted by Gasteiger charge is -2.23. The number of aliphatic imine (C=N–C) groups is 1. The van der Waals surface area contributed by atoms with E-state index in [1.807, 2.05) is 6.07 Å². The molecule has 3 heterocycles. The SMILES string of the molecule is O=C1NC(=NCc2cccnc2)C(c2cc(F)cc(F)c2)N1c1ccc2nc[nH]c2c1. The molecule has 1 fully saturated rings. The average Bonchev–Trinajstić information content (AvgIpc) is 3.35. The summed E-state index contributed by atoms with van der Waals surface area (Å²) in [5.41, 5.74) is 3.11. The number of carbonyl (C=O) groups excluding carboxylic acids is 1. The number of imidazole rings is 1. The fourth-order valence-electron chi connectivity index (χ4n) is 3.65. The van der Waals surface area contributed by atoms with Crippen molar-refractivity contribution in [3.05, 3.63) is 90.0 Å². The first kappa shape index (κ1) is 18.9. The molecular weight excluding hydrogens is 402 g/mol. The van der Waals surface area contributed by atoms with Gasteiger partial charge in [0.2, 0.25) is 0 Å². The molecule has 0 radical (unpaired) electrons. The molecule has 5 rings (SSSR count). The summed E-state index contributed by atoms with van der Waals surface area (Å²) in [5.74, 6) is -1.17. The number of anilines is 1. The lowest BCUT2D eigenvalue weighted by atomic mass is 10.0. The van der Waals surface area contributed by atoms with Gasteiger partial charge in [0.05, 0.1) is 23.9 Å². The number of aromatic nitrogens is 3. The Labute approximate surface area is 175 Å². The minimum atomic E-state index is -0.824. The molecule has 0 saturated carbocycles. The maximum Gasteiger partial charge on any atom is 0.328 e. The zero-order chi connectivity index (χ0) is 21.4. The van der Waals surface area contributed by atoms with Gasteiger partial charge in [0, 0.05) is 24.1 Å². The number of benzene rings is 2. The Hall–Kier alpha value is -4.14. The van der Waals surface area contributed by atoms with Crippen molar-refractivity contribution < 1.29 is 13.6 Å². The third-order valence-corrected chi connectivity index (χ3v) is 5.01. The molecule has 2 aromatic carbocycles. The Balaban J connectivity index is 1.60. The molecule has 2 amide bonds. The molecule has 31 heavy (non-hydrogen) atoms. The van der Waals surface area contributed by atoms with E-state index in [-0.39, 0.29) is 12.1 Å². The van der Waals surface area contributed by atoms with Gasteiger partial charge in [0.25, 0.3) is 0 Å². The minimum absolute atomic E-state index is 0.255. The number of rotatable bonds is 4. The van der Waals surface area contributed by atoms with Crippen LogP contribution in [0.1, 0.15) is 17.2 Å². The van der Waals surface area contributed by atoms with Gasteiger partial charge in [-0.25, -0.2) is 18.6 Å². The molecule has 1 aliphatic heterocycles. The van der Waals surface area contributed by atoms with Crippen LogP contribution in [0.4, 0.5) is 19.3 Å². The van der Waals surface area contributed by atoms with Gasteiger partial charge < -0.3 is 4.98 Å². The Morgan fingerprint density at radius 2 is 1.94 bits per heavy atom. The van der Waals surface area contributed by atoms with Gasteiger partial charge in [0.1, 0.15) is 23.5 Å². The van der Waals surface area contributed by atoms with Crippen LogP contribution in [0.5, 0.6) is 0 Å². The Kier molecular flexibility index (Phi) is 4.62. The van der Waals surface area contributed by atoms with Crippen LogP contribution in [0.15, 0.2) is 72.2 Å². The standard InChI is InChI=1S/C22H16F2N6O/c23-15-6-14(7-16(24)8-15)20-21(26-11-13-2-1-5-25-10-13)29-22(31)30(20)17-3-4-18-19(9-17)28-12-27-18/h1-10,12,20H,11H2,(H,27,28)(H,26,29,31). The average molecular weight is 418 g/mol. The molecule has 4 aromatic rings. The Bertz CT molecular complexity index is 1280. The summed E-state index contributed by atoms with van der Waals surface area (Å²) < 4.78 is 28.1. The second kappa shape index (κ2) is 7.60. The predicted octanol–water partition coefficient (Wildman–Crippen LogP) is 4.11. The zero-order valence-corrected chi connectivity index (χ0v) is 16.1. The first-order valence-electron chi connectivity index (χ1n) is 9.51. The summed E-state index contributed by atoms with van der Waals surface area (Å²) in [6.45, 7) is 0.255. The fourth-order valence-corrected chi connectivity index (χ4v) is 3.65. The number of nitrogens with zero attached hydrogens (tertiary/aromatic N) is 4. The first-order chi connectivity index (χ1) is 15.1. The molecule has 1 atom stereocenters. The van der Waals surface area contributed by atoms with Crippen LogP contribution >= 0.6 is 0 Å². The lowest BCUT2D eigenvalue weighted by molar-refractivity contribution is 0.252. The van der Waals surface area contributed by atoms with Gasteiger partial charge in [-0.1, -0.05) is 6.07 Å². The molecule has 7 nitrogen and oxygen atoms in total. The van der Waals surface area contributed by atoms with Gasteiger partial charge in [-0.3, -0.25) is 20.2 Å². The molecule has 0 aliphatic carbocycles. The number of hydrogen-bond acceptors (Lipinski definition) is 4. The summed E-state index contributed by atoms with van der Waals surface area (Å²) in [5, 5.41) is 2.75. The van der Waals surface area contributed by atoms with Gasteiger partial charge in [-0.2, -0.15) is 0 Å². The van der Waals surface area contributed by atoms with Crippen molar-refractivity contribution in [2.75, 3.05) is 4.90 Å². The lowest BCUT2D eigenvalue weighted by Crippen LogP contribution is -2.29. The van der Waals surface area contributed by atoms with Crippen molar-refractivity contribution in [3.8, 4) is 0 Å². The minimum Gasteiger partial charge on any atom is -0.345 e. The van der Waals surface area contributed by atoms with Gasteiger partial charge >= 0.3 is 6.03 Å². The number of H-pyrrole nitrogens is 1. The van der Waals surface area contributed by atoms with Crippen molar-refractivity contribution in [3.63, 3.8) is 0 Å². The van der Waals surface area contributed by atoms with Crippen LogP contribution in [0, 0.1) is 11.6 Å². The van der Waals surface area contributed by atoms with E-state index in [4.69, 9.17) is 0 Å². The largest absolute Gasteiger partial charge is 0.345 e. The topological polar surface area (TPSA) is 86.3 Å². The van der Waals surface area contributed by atoms with Crippen LogP contribution in [0.25, 0.3) is 11.0 Å². The molecular formula is C22H16F2N6O. The maximum atomic E-state index is 14.0. The summed E-state index contributed by atoms with van der Waals surface area (Å²) in [6, 6.07) is 10.8. The number of hydrogen-bond donors (Lipinski definition) is 2. The second-order valence-electron chi connectivity index (χ2n) is 7.07. The van der Waals surface area contributed by atoms with Crippen molar-refractivity contribution in [2.45, 2.75) is 12.6 Å². The number of amides is 2. The molecule has 0 bridgehead atoms.